The highest BCUT2D eigenvalue weighted by Gasteiger charge is 2.00. The third-order valence-corrected chi connectivity index (χ3v) is 2.06. The molecule has 0 N–H and O–H groups in total. The van der Waals surface area contributed by atoms with Crippen LogP contribution in [0, 0.1) is 0 Å². The maximum atomic E-state index is 11.2. The lowest BCUT2D eigenvalue weighted by atomic mass is 10.1. The number of rotatable bonds is 8. The third-order valence-electron chi connectivity index (χ3n) is 2.06. The van der Waals surface area contributed by atoms with Gasteiger partial charge in [-0.2, -0.15) is 0 Å². The second kappa shape index (κ2) is 8.03. The average molecular weight is 182 g/mol. The summed E-state index contributed by atoms with van der Waals surface area (Å²) in [5, 5.41) is 0. The SMILES string of the molecule is C=C(C)CC(=O)CCCCCCC. The van der Waals surface area contributed by atoms with Crippen LogP contribution < -0.4 is 0 Å². The first-order valence-electron chi connectivity index (χ1n) is 5.33. The summed E-state index contributed by atoms with van der Waals surface area (Å²) in [5.74, 6) is 0.351. The molecule has 0 heterocycles. The minimum atomic E-state index is 0.351. The van der Waals surface area contributed by atoms with Crippen molar-refractivity contribution in [3.63, 3.8) is 0 Å². The molecule has 1 heteroatoms. The van der Waals surface area contributed by atoms with Crippen molar-refractivity contribution in [2.75, 3.05) is 0 Å². The highest BCUT2D eigenvalue weighted by atomic mass is 16.1. The third kappa shape index (κ3) is 9.32. The van der Waals surface area contributed by atoms with Gasteiger partial charge in [-0.05, 0) is 13.3 Å². The van der Waals surface area contributed by atoms with Crippen LogP contribution >= 0.6 is 0 Å². The van der Waals surface area contributed by atoms with Gasteiger partial charge >= 0.3 is 0 Å². The summed E-state index contributed by atoms with van der Waals surface area (Å²) in [6, 6.07) is 0. The van der Waals surface area contributed by atoms with Crippen LogP contribution in [0.5, 0.6) is 0 Å². The minimum Gasteiger partial charge on any atom is -0.299 e. The van der Waals surface area contributed by atoms with Crippen LogP contribution in [0.15, 0.2) is 12.2 Å². The first-order valence-corrected chi connectivity index (χ1v) is 5.33. The summed E-state index contributed by atoms with van der Waals surface area (Å²) in [5.41, 5.74) is 0.985. The number of Topliss-reactive ketones (excluding diaryl/α,β-unsaturated/α-hetero) is 1. The molecule has 0 unspecified atom stereocenters. The summed E-state index contributed by atoms with van der Waals surface area (Å²) in [7, 11) is 0. The van der Waals surface area contributed by atoms with Crippen LogP contribution in [-0.4, -0.2) is 5.78 Å². The molecule has 0 atom stereocenters. The molecule has 0 bridgehead atoms. The Kier molecular flexibility index (Phi) is 7.66. The Bertz CT molecular complexity index is 159. The fraction of sp³-hybridized carbons (Fsp3) is 0.750. The Hall–Kier alpha value is -0.590. The maximum absolute atomic E-state index is 11.2. The van der Waals surface area contributed by atoms with E-state index in [0.29, 0.717) is 12.2 Å². The van der Waals surface area contributed by atoms with Gasteiger partial charge in [-0.25, -0.2) is 0 Å². The zero-order valence-corrected chi connectivity index (χ0v) is 9.07. The molecule has 13 heavy (non-hydrogen) atoms. The number of hydrogen-bond donors (Lipinski definition) is 0. The number of carbonyl (C=O) groups excluding carboxylic acids is 1. The Morgan fingerprint density at radius 2 is 1.77 bits per heavy atom. The second-order valence-corrected chi connectivity index (χ2v) is 3.84. The fourth-order valence-corrected chi connectivity index (χ4v) is 1.35. The Labute approximate surface area is 82.2 Å². The highest BCUT2D eigenvalue weighted by molar-refractivity contribution is 5.80. The van der Waals surface area contributed by atoms with E-state index >= 15 is 0 Å². The molecule has 0 saturated carbocycles. The van der Waals surface area contributed by atoms with E-state index in [0.717, 1.165) is 18.4 Å². The van der Waals surface area contributed by atoms with E-state index in [2.05, 4.69) is 13.5 Å². The van der Waals surface area contributed by atoms with Crippen LogP contribution in [0.25, 0.3) is 0 Å². The van der Waals surface area contributed by atoms with Crippen molar-refractivity contribution >= 4 is 5.78 Å². The van der Waals surface area contributed by atoms with Crippen molar-refractivity contribution in [3.05, 3.63) is 12.2 Å². The second-order valence-electron chi connectivity index (χ2n) is 3.84. The van der Waals surface area contributed by atoms with Crippen LogP contribution in [0.3, 0.4) is 0 Å². The molecule has 0 rings (SSSR count). The smallest absolute Gasteiger partial charge is 0.136 e. The molecule has 0 aromatic heterocycles. The lowest BCUT2D eigenvalue weighted by Crippen LogP contribution is -1.97. The van der Waals surface area contributed by atoms with E-state index in [-0.39, 0.29) is 0 Å². The molecular weight excluding hydrogens is 160 g/mol. The summed E-state index contributed by atoms with van der Waals surface area (Å²) >= 11 is 0. The molecule has 0 aromatic carbocycles. The molecule has 0 aliphatic rings. The maximum Gasteiger partial charge on any atom is 0.136 e. The topological polar surface area (TPSA) is 17.1 Å². The first kappa shape index (κ1) is 12.4. The quantitative estimate of drug-likeness (QED) is 0.411. The van der Waals surface area contributed by atoms with Gasteiger partial charge in [0.15, 0.2) is 0 Å². The first-order chi connectivity index (χ1) is 6.16. The van der Waals surface area contributed by atoms with E-state index in [1.54, 1.807) is 0 Å². The predicted molar refractivity (Wildman–Crippen MR) is 57.8 cm³/mol. The number of carbonyl (C=O) groups is 1. The van der Waals surface area contributed by atoms with Crippen LogP contribution in [0.4, 0.5) is 0 Å². The standard InChI is InChI=1S/C12H22O/c1-4-5-6-7-8-9-12(13)10-11(2)3/h2,4-10H2,1,3H3. The van der Waals surface area contributed by atoms with Crippen molar-refractivity contribution in [2.24, 2.45) is 0 Å². The largest absolute Gasteiger partial charge is 0.299 e. The lowest BCUT2D eigenvalue weighted by molar-refractivity contribution is -0.118. The van der Waals surface area contributed by atoms with Gasteiger partial charge in [-0.15, -0.1) is 0 Å². The molecule has 76 valence electrons. The van der Waals surface area contributed by atoms with Gasteiger partial charge in [0.2, 0.25) is 0 Å². The number of unbranched alkanes of at least 4 members (excludes halogenated alkanes) is 4. The van der Waals surface area contributed by atoms with E-state index in [1.165, 1.54) is 25.7 Å². The number of allylic oxidation sites excluding steroid dienone is 1. The predicted octanol–water partition coefficient (Wildman–Crippen LogP) is 3.88. The molecule has 0 radical (unpaired) electrons. The highest BCUT2D eigenvalue weighted by Crippen LogP contribution is 2.08. The molecular formula is C12H22O. The van der Waals surface area contributed by atoms with Crippen molar-refractivity contribution < 1.29 is 4.79 Å². The van der Waals surface area contributed by atoms with Gasteiger partial charge in [0.1, 0.15) is 5.78 Å². The van der Waals surface area contributed by atoms with Crippen molar-refractivity contribution in [1.29, 1.82) is 0 Å². The summed E-state index contributed by atoms with van der Waals surface area (Å²) in [6.45, 7) is 7.84. The number of ketones is 1. The van der Waals surface area contributed by atoms with Gasteiger partial charge in [-0.1, -0.05) is 44.8 Å². The Morgan fingerprint density at radius 3 is 2.31 bits per heavy atom. The zero-order valence-electron chi connectivity index (χ0n) is 9.07. The van der Waals surface area contributed by atoms with E-state index in [4.69, 9.17) is 0 Å². The van der Waals surface area contributed by atoms with Crippen molar-refractivity contribution in [3.8, 4) is 0 Å². The summed E-state index contributed by atoms with van der Waals surface area (Å²) < 4.78 is 0. The number of hydrogen-bond acceptors (Lipinski definition) is 1. The normalized spacial score (nSPS) is 10.0. The molecule has 0 aliphatic heterocycles. The van der Waals surface area contributed by atoms with Crippen LogP contribution in [0.1, 0.15) is 58.8 Å². The fourth-order valence-electron chi connectivity index (χ4n) is 1.35. The van der Waals surface area contributed by atoms with Crippen molar-refractivity contribution in [1.82, 2.24) is 0 Å². The Morgan fingerprint density at radius 1 is 1.15 bits per heavy atom. The van der Waals surface area contributed by atoms with Gasteiger partial charge < -0.3 is 0 Å². The average Bonchev–Trinajstić information content (AvgIpc) is 2.02. The molecule has 0 aromatic rings. The van der Waals surface area contributed by atoms with E-state index < -0.39 is 0 Å². The van der Waals surface area contributed by atoms with Crippen LogP contribution in [-0.2, 0) is 4.79 Å². The monoisotopic (exact) mass is 182 g/mol. The molecule has 0 aliphatic carbocycles. The lowest BCUT2D eigenvalue weighted by Gasteiger charge is -2.00. The summed E-state index contributed by atoms with van der Waals surface area (Å²) in [6.07, 6.45) is 7.43. The molecule has 0 saturated heterocycles. The van der Waals surface area contributed by atoms with Gasteiger partial charge in [0, 0.05) is 12.8 Å². The zero-order chi connectivity index (χ0) is 10.1. The molecule has 1 nitrogen and oxygen atoms in total. The van der Waals surface area contributed by atoms with E-state index in [1.807, 2.05) is 6.92 Å². The van der Waals surface area contributed by atoms with Crippen molar-refractivity contribution in [2.45, 2.75) is 58.8 Å². The molecule has 0 amide bonds. The van der Waals surface area contributed by atoms with Gasteiger partial charge in [-0.3, -0.25) is 4.79 Å². The minimum absolute atomic E-state index is 0.351. The molecule has 0 spiro atoms. The summed E-state index contributed by atoms with van der Waals surface area (Å²) in [4.78, 5) is 11.2. The van der Waals surface area contributed by atoms with Gasteiger partial charge in [0.25, 0.3) is 0 Å². The van der Waals surface area contributed by atoms with Crippen LogP contribution in [0.2, 0.25) is 0 Å². The molecule has 0 fully saturated rings. The Balaban J connectivity index is 3.22. The van der Waals surface area contributed by atoms with E-state index in [9.17, 15) is 4.79 Å². The van der Waals surface area contributed by atoms with Gasteiger partial charge in [0.05, 0.1) is 0 Å².